The first kappa shape index (κ1) is 18.0. The number of unbranched alkanes of at least 4 members (excludes halogenated alkanes) is 1. The van der Waals surface area contributed by atoms with Crippen LogP contribution in [0.1, 0.15) is 36.0 Å². The zero-order chi connectivity index (χ0) is 16.5. The van der Waals surface area contributed by atoms with Crippen molar-refractivity contribution in [2.45, 2.75) is 35.8 Å². The first-order valence-corrected chi connectivity index (χ1v) is 7.61. The second-order valence-corrected chi connectivity index (χ2v) is 5.88. The highest BCUT2D eigenvalue weighted by Crippen LogP contribution is 2.27. The number of aliphatic carboxylic acids is 2. The molecule has 0 bridgehead atoms. The first-order chi connectivity index (χ1) is 10.4. The monoisotopic (exact) mass is 326 g/mol. The van der Waals surface area contributed by atoms with Crippen molar-refractivity contribution < 1.29 is 29.3 Å². The van der Waals surface area contributed by atoms with E-state index in [1.165, 1.54) is 18.9 Å². The Morgan fingerprint density at radius 2 is 1.77 bits per heavy atom. The third-order valence-electron chi connectivity index (χ3n) is 2.94. The molecular weight excluding hydrogens is 308 g/mol. The van der Waals surface area contributed by atoms with Gasteiger partial charge in [-0.2, -0.15) is 0 Å². The molecule has 0 aliphatic heterocycles. The lowest BCUT2D eigenvalue weighted by Gasteiger charge is -2.12. The molecule has 0 fully saturated rings. The third-order valence-corrected chi connectivity index (χ3v) is 4.20. The number of benzene rings is 1. The molecule has 0 aliphatic carbocycles. The Morgan fingerprint density at radius 3 is 2.27 bits per heavy atom. The second kappa shape index (κ2) is 9.09. The minimum Gasteiger partial charge on any atom is -0.481 e. The maximum Gasteiger partial charge on any atom is 0.337 e. The molecule has 0 spiro atoms. The lowest BCUT2D eigenvalue weighted by atomic mass is 10.1. The Bertz CT molecular complexity index is 525. The van der Waals surface area contributed by atoms with Gasteiger partial charge in [-0.3, -0.25) is 9.59 Å². The van der Waals surface area contributed by atoms with Gasteiger partial charge >= 0.3 is 17.9 Å². The van der Waals surface area contributed by atoms with Crippen LogP contribution < -0.4 is 0 Å². The number of carboxylic acid groups (broad SMARTS) is 2. The molecule has 120 valence electrons. The van der Waals surface area contributed by atoms with E-state index in [4.69, 9.17) is 5.11 Å². The largest absolute Gasteiger partial charge is 0.481 e. The van der Waals surface area contributed by atoms with Gasteiger partial charge in [-0.25, -0.2) is 4.79 Å². The predicted molar refractivity (Wildman–Crippen MR) is 81.2 cm³/mol. The van der Waals surface area contributed by atoms with Crippen LogP contribution >= 0.6 is 11.8 Å². The molecule has 1 atom stereocenters. The van der Waals surface area contributed by atoms with Crippen molar-refractivity contribution in [1.82, 2.24) is 0 Å². The number of carboxylic acids is 2. The number of hydrogen-bond donors (Lipinski definition) is 2. The summed E-state index contributed by atoms with van der Waals surface area (Å²) < 4.78 is 4.59. The summed E-state index contributed by atoms with van der Waals surface area (Å²) >= 11 is 1.18. The van der Waals surface area contributed by atoms with Gasteiger partial charge < -0.3 is 14.9 Å². The van der Waals surface area contributed by atoms with Crippen molar-refractivity contribution >= 4 is 29.7 Å². The van der Waals surface area contributed by atoms with Gasteiger partial charge in [0.2, 0.25) is 0 Å². The van der Waals surface area contributed by atoms with Crippen molar-refractivity contribution in [3.8, 4) is 0 Å². The summed E-state index contributed by atoms with van der Waals surface area (Å²) in [7, 11) is 1.29. The average molecular weight is 326 g/mol. The van der Waals surface area contributed by atoms with Crippen LogP contribution in [0.3, 0.4) is 0 Å². The Labute approximate surface area is 132 Å². The van der Waals surface area contributed by atoms with Crippen molar-refractivity contribution in [3.05, 3.63) is 29.8 Å². The summed E-state index contributed by atoms with van der Waals surface area (Å²) in [5, 5.41) is 17.1. The van der Waals surface area contributed by atoms with Gasteiger partial charge in [-0.1, -0.05) is 6.42 Å². The fourth-order valence-electron chi connectivity index (χ4n) is 1.79. The Hall–Kier alpha value is -2.02. The van der Waals surface area contributed by atoms with Crippen LogP contribution in [0.2, 0.25) is 0 Å². The molecule has 6 nitrogen and oxygen atoms in total. The molecule has 22 heavy (non-hydrogen) atoms. The lowest BCUT2D eigenvalue weighted by Crippen LogP contribution is -2.16. The van der Waals surface area contributed by atoms with E-state index in [-0.39, 0.29) is 6.42 Å². The number of carbonyl (C=O) groups is 3. The quantitative estimate of drug-likeness (QED) is 0.408. The van der Waals surface area contributed by atoms with Gasteiger partial charge in [-0.15, -0.1) is 11.8 Å². The van der Waals surface area contributed by atoms with Crippen LogP contribution in [-0.4, -0.2) is 40.5 Å². The number of carbonyl (C=O) groups excluding carboxylic acids is 1. The first-order valence-electron chi connectivity index (χ1n) is 6.73. The van der Waals surface area contributed by atoms with Crippen LogP contribution in [-0.2, 0) is 14.3 Å². The van der Waals surface area contributed by atoms with Crippen LogP contribution in [0, 0.1) is 0 Å². The zero-order valence-corrected chi connectivity index (χ0v) is 13.0. The van der Waals surface area contributed by atoms with Gasteiger partial charge in [0.25, 0.3) is 0 Å². The minimum absolute atomic E-state index is 0.0465. The summed E-state index contributed by atoms with van der Waals surface area (Å²) in [6.07, 6.45) is 1.44. The molecule has 0 aromatic heterocycles. The topological polar surface area (TPSA) is 101 Å². The van der Waals surface area contributed by atoms with Crippen molar-refractivity contribution in [1.29, 1.82) is 0 Å². The molecule has 0 saturated heterocycles. The van der Waals surface area contributed by atoms with E-state index in [9.17, 15) is 19.5 Å². The molecular formula is C15H18O6S. The van der Waals surface area contributed by atoms with E-state index in [1.54, 1.807) is 24.3 Å². The molecule has 2 N–H and O–H groups in total. The third kappa shape index (κ3) is 6.17. The standard InChI is InChI=1S/C15H18O6S/c1-21-15(20)10-6-8-11(9-7-10)22-12(14(18)19)4-2-3-5-13(16)17/h6-9,12H,2-5H2,1H3,(H,16,17)(H,18,19). The number of rotatable bonds is 9. The molecule has 1 rings (SSSR count). The van der Waals surface area contributed by atoms with Crippen molar-refractivity contribution in [3.63, 3.8) is 0 Å². The van der Waals surface area contributed by atoms with E-state index < -0.39 is 23.2 Å². The molecule has 0 amide bonds. The van der Waals surface area contributed by atoms with E-state index in [0.29, 0.717) is 24.8 Å². The fraction of sp³-hybridized carbons (Fsp3) is 0.400. The molecule has 0 radical (unpaired) electrons. The smallest absolute Gasteiger partial charge is 0.337 e. The van der Waals surface area contributed by atoms with Crippen LogP contribution in [0.4, 0.5) is 0 Å². The number of esters is 1. The van der Waals surface area contributed by atoms with Gasteiger partial charge in [-0.05, 0) is 37.1 Å². The van der Waals surface area contributed by atoms with E-state index in [1.807, 2.05) is 0 Å². The summed E-state index contributed by atoms with van der Waals surface area (Å²) in [6.45, 7) is 0. The number of hydrogen-bond acceptors (Lipinski definition) is 5. The van der Waals surface area contributed by atoms with Crippen LogP contribution in [0.25, 0.3) is 0 Å². The molecule has 0 heterocycles. The SMILES string of the molecule is COC(=O)c1ccc(SC(CCCCC(=O)O)C(=O)O)cc1. The average Bonchev–Trinajstić information content (AvgIpc) is 2.49. The Balaban J connectivity index is 2.57. The van der Waals surface area contributed by atoms with Gasteiger partial charge in [0, 0.05) is 11.3 Å². The molecule has 1 unspecified atom stereocenters. The van der Waals surface area contributed by atoms with Gasteiger partial charge in [0.1, 0.15) is 5.25 Å². The normalized spacial score (nSPS) is 11.7. The van der Waals surface area contributed by atoms with Gasteiger partial charge in [0.05, 0.1) is 12.7 Å². The number of thioether (sulfide) groups is 1. The number of ether oxygens (including phenoxy) is 1. The lowest BCUT2D eigenvalue weighted by molar-refractivity contribution is -0.137. The molecule has 1 aromatic carbocycles. The molecule has 7 heteroatoms. The Kier molecular flexibility index (Phi) is 7.45. The zero-order valence-electron chi connectivity index (χ0n) is 12.2. The highest BCUT2D eigenvalue weighted by Gasteiger charge is 2.19. The Morgan fingerprint density at radius 1 is 1.14 bits per heavy atom. The minimum atomic E-state index is -0.933. The maximum atomic E-state index is 11.3. The maximum absolute atomic E-state index is 11.3. The van der Waals surface area contributed by atoms with Crippen molar-refractivity contribution in [2.24, 2.45) is 0 Å². The van der Waals surface area contributed by atoms with Crippen LogP contribution in [0.15, 0.2) is 29.2 Å². The summed E-state index contributed by atoms with van der Waals surface area (Å²) in [6, 6.07) is 6.50. The van der Waals surface area contributed by atoms with E-state index >= 15 is 0 Å². The second-order valence-electron chi connectivity index (χ2n) is 4.60. The highest BCUT2D eigenvalue weighted by molar-refractivity contribution is 8.00. The van der Waals surface area contributed by atoms with Gasteiger partial charge in [0.15, 0.2) is 0 Å². The molecule has 0 saturated carbocycles. The summed E-state index contributed by atoms with van der Waals surface area (Å²) in [4.78, 5) is 33.7. The van der Waals surface area contributed by atoms with E-state index in [2.05, 4.69) is 4.74 Å². The molecule has 1 aromatic rings. The number of methoxy groups -OCH3 is 1. The molecule has 0 aliphatic rings. The fourth-order valence-corrected chi connectivity index (χ4v) is 2.80. The van der Waals surface area contributed by atoms with E-state index in [0.717, 1.165) is 4.90 Å². The highest BCUT2D eigenvalue weighted by atomic mass is 32.2. The summed E-state index contributed by atoms with van der Waals surface area (Å²) in [5.74, 6) is -2.25. The van der Waals surface area contributed by atoms with Crippen molar-refractivity contribution in [2.75, 3.05) is 7.11 Å². The summed E-state index contributed by atoms with van der Waals surface area (Å²) in [5.41, 5.74) is 0.403. The predicted octanol–water partition coefficient (Wildman–Crippen LogP) is 2.66. The van der Waals surface area contributed by atoms with Crippen LogP contribution in [0.5, 0.6) is 0 Å².